The molecule has 0 saturated carbocycles. The Kier molecular flexibility index (Phi) is 5.89. The van der Waals surface area contributed by atoms with Crippen LogP contribution in [0.25, 0.3) is 0 Å². The summed E-state index contributed by atoms with van der Waals surface area (Å²) in [4.78, 5) is 28.4. The number of carboxylic acid groups (broad SMARTS) is 1. The van der Waals surface area contributed by atoms with E-state index in [4.69, 9.17) is 4.84 Å². The Morgan fingerprint density at radius 1 is 1.46 bits per heavy atom. The highest BCUT2D eigenvalue weighted by atomic mass is 19.1. The van der Waals surface area contributed by atoms with Gasteiger partial charge in [0.25, 0.3) is 5.91 Å². The molecule has 1 aromatic carbocycles. The highest BCUT2D eigenvalue weighted by Crippen LogP contribution is 2.18. The molecule has 1 aliphatic heterocycles. The molecule has 0 spiro atoms. The van der Waals surface area contributed by atoms with Gasteiger partial charge in [-0.3, -0.25) is 9.59 Å². The smallest absolute Gasteiger partial charge is 0.308 e. The van der Waals surface area contributed by atoms with Gasteiger partial charge in [0.15, 0.2) is 0 Å². The Labute approximate surface area is 139 Å². The van der Waals surface area contributed by atoms with E-state index in [0.717, 1.165) is 0 Å². The van der Waals surface area contributed by atoms with Crippen LogP contribution in [-0.4, -0.2) is 35.3 Å². The van der Waals surface area contributed by atoms with Crippen LogP contribution in [0.1, 0.15) is 32.3 Å². The Morgan fingerprint density at radius 3 is 2.83 bits per heavy atom. The fourth-order valence-electron chi connectivity index (χ4n) is 2.53. The van der Waals surface area contributed by atoms with Crippen molar-refractivity contribution in [1.29, 1.82) is 0 Å². The summed E-state index contributed by atoms with van der Waals surface area (Å²) in [6, 6.07) is 5.90. The average Bonchev–Trinajstić information content (AvgIpc) is 3.00. The Balaban J connectivity index is 1.88. The summed E-state index contributed by atoms with van der Waals surface area (Å²) in [7, 11) is 0. The van der Waals surface area contributed by atoms with Gasteiger partial charge in [0.1, 0.15) is 5.82 Å². The standard InChI is InChI=1S/C17H21FN2O4/c1-10(2)6-12(17(22)23)9-19-16(21)15-8-14(20-24-15)11-4-3-5-13(18)7-11/h3-5,7,10,12,15H,6,8-9H2,1-2H3,(H,19,21)(H,22,23). The quantitative estimate of drug-likeness (QED) is 0.799. The molecular weight excluding hydrogens is 315 g/mol. The van der Waals surface area contributed by atoms with Crippen LogP contribution in [-0.2, 0) is 14.4 Å². The van der Waals surface area contributed by atoms with Crippen molar-refractivity contribution in [3.8, 4) is 0 Å². The molecule has 0 saturated heterocycles. The number of carbonyl (C=O) groups is 2. The predicted molar refractivity (Wildman–Crippen MR) is 86.0 cm³/mol. The van der Waals surface area contributed by atoms with Crippen LogP contribution in [0.4, 0.5) is 4.39 Å². The number of halogens is 1. The van der Waals surface area contributed by atoms with Crippen LogP contribution in [0.5, 0.6) is 0 Å². The molecule has 130 valence electrons. The highest BCUT2D eigenvalue weighted by Gasteiger charge is 2.30. The number of hydrogen-bond donors (Lipinski definition) is 2. The van der Waals surface area contributed by atoms with Gasteiger partial charge in [-0.2, -0.15) is 0 Å². The first-order chi connectivity index (χ1) is 11.4. The van der Waals surface area contributed by atoms with Crippen LogP contribution >= 0.6 is 0 Å². The van der Waals surface area contributed by atoms with E-state index in [0.29, 0.717) is 17.7 Å². The van der Waals surface area contributed by atoms with E-state index in [2.05, 4.69) is 10.5 Å². The lowest BCUT2D eigenvalue weighted by atomic mass is 9.97. The molecule has 0 fully saturated rings. The molecule has 1 amide bonds. The zero-order chi connectivity index (χ0) is 17.7. The first kappa shape index (κ1) is 17.9. The van der Waals surface area contributed by atoms with Gasteiger partial charge in [-0.25, -0.2) is 4.39 Å². The van der Waals surface area contributed by atoms with E-state index in [1.54, 1.807) is 12.1 Å². The second-order valence-corrected chi connectivity index (χ2v) is 6.26. The van der Waals surface area contributed by atoms with Crippen molar-refractivity contribution >= 4 is 17.6 Å². The number of aliphatic carboxylic acids is 1. The second-order valence-electron chi connectivity index (χ2n) is 6.26. The van der Waals surface area contributed by atoms with E-state index in [1.165, 1.54) is 12.1 Å². The minimum Gasteiger partial charge on any atom is -0.481 e. The maximum atomic E-state index is 13.2. The van der Waals surface area contributed by atoms with Crippen molar-refractivity contribution in [3.63, 3.8) is 0 Å². The van der Waals surface area contributed by atoms with Crippen molar-refractivity contribution in [2.24, 2.45) is 17.0 Å². The summed E-state index contributed by atoms with van der Waals surface area (Å²) in [5, 5.41) is 15.6. The molecule has 0 aliphatic carbocycles. The molecule has 1 aromatic rings. The lowest BCUT2D eigenvalue weighted by Gasteiger charge is -2.16. The van der Waals surface area contributed by atoms with E-state index in [1.807, 2.05) is 13.8 Å². The number of rotatable bonds is 7. The van der Waals surface area contributed by atoms with E-state index >= 15 is 0 Å². The molecule has 1 heterocycles. The molecule has 2 unspecified atom stereocenters. The minimum absolute atomic E-state index is 0.0432. The molecule has 1 aliphatic rings. The van der Waals surface area contributed by atoms with Crippen LogP contribution < -0.4 is 5.32 Å². The molecule has 7 heteroatoms. The highest BCUT2D eigenvalue weighted by molar-refractivity contribution is 6.04. The molecule has 0 aromatic heterocycles. The first-order valence-corrected chi connectivity index (χ1v) is 7.86. The average molecular weight is 336 g/mol. The summed E-state index contributed by atoms with van der Waals surface area (Å²) < 4.78 is 13.2. The molecule has 0 radical (unpaired) electrons. The lowest BCUT2D eigenvalue weighted by molar-refractivity contribution is -0.142. The van der Waals surface area contributed by atoms with Crippen LogP contribution in [0, 0.1) is 17.7 Å². The van der Waals surface area contributed by atoms with Crippen molar-refractivity contribution in [1.82, 2.24) is 5.32 Å². The fourth-order valence-corrected chi connectivity index (χ4v) is 2.53. The summed E-state index contributed by atoms with van der Waals surface area (Å²) in [5.41, 5.74) is 1.06. The van der Waals surface area contributed by atoms with Crippen LogP contribution in [0.15, 0.2) is 29.4 Å². The Hall–Kier alpha value is -2.44. The Morgan fingerprint density at radius 2 is 2.21 bits per heavy atom. The Bertz CT molecular complexity index is 645. The lowest BCUT2D eigenvalue weighted by Crippen LogP contribution is -2.39. The zero-order valence-corrected chi connectivity index (χ0v) is 13.7. The normalized spacial score (nSPS) is 18.0. The van der Waals surface area contributed by atoms with Crippen molar-refractivity contribution in [2.45, 2.75) is 32.8 Å². The third-order valence-electron chi connectivity index (χ3n) is 3.75. The molecule has 24 heavy (non-hydrogen) atoms. The number of carboxylic acids is 1. The minimum atomic E-state index is -0.937. The number of nitrogens with zero attached hydrogens (tertiary/aromatic N) is 1. The summed E-state index contributed by atoms with van der Waals surface area (Å²) in [5.74, 6) is -2.16. The molecular formula is C17H21FN2O4. The van der Waals surface area contributed by atoms with Gasteiger partial charge in [-0.15, -0.1) is 0 Å². The predicted octanol–water partition coefficient (Wildman–Crippen LogP) is 2.18. The van der Waals surface area contributed by atoms with Gasteiger partial charge >= 0.3 is 5.97 Å². The van der Waals surface area contributed by atoms with Gasteiger partial charge in [-0.05, 0) is 24.5 Å². The van der Waals surface area contributed by atoms with Gasteiger partial charge < -0.3 is 15.3 Å². The number of oxime groups is 1. The van der Waals surface area contributed by atoms with Gasteiger partial charge in [-0.1, -0.05) is 31.1 Å². The van der Waals surface area contributed by atoms with Crippen LogP contribution in [0.3, 0.4) is 0 Å². The number of amides is 1. The van der Waals surface area contributed by atoms with Gasteiger partial charge in [0.05, 0.1) is 11.6 Å². The third kappa shape index (κ3) is 4.78. The summed E-state index contributed by atoms with van der Waals surface area (Å²) in [6.45, 7) is 3.90. The maximum Gasteiger partial charge on any atom is 0.308 e. The summed E-state index contributed by atoms with van der Waals surface area (Å²) in [6.07, 6.45) is -0.125. The third-order valence-corrected chi connectivity index (χ3v) is 3.75. The van der Waals surface area contributed by atoms with Crippen LogP contribution in [0.2, 0.25) is 0 Å². The maximum absolute atomic E-state index is 13.2. The molecule has 2 atom stereocenters. The first-order valence-electron chi connectivity index (χ1n) is 7.86. The fraction of sp³-hybridized carbons (Fsp3) is 0.471. The monoisotopic (exact) mass is 336 g/mol. The zero-order valence-electron chi connectivity index (χ0n) is 13.7. The topological polar surface area (TPSA) is 88.0 Å². The SMILES string of the molecule is CC(C)CC(CNC(=O)C1CC(c2cccc(F)c2)=NO1)C(=O)O. The number of hydrogen-bond acceptors (Lipinski definition) is 4. The largest absolute Gasteiger partial charge is 0.481 e. The number of nitrogens with one attached hydrogen (secondary N) is 1. The number of benzene rings is 1. The molecule has 2 rings (SSSR count). The molecule has 0 bridgehead atoms. The second kappa shape index (κ2) is 7.90. The van der Waals surface area contributed by atoms with Crippen molar-refractivity contribution in [2.75, 3.05) is 6.54 Å². The van der Waals surface area contributed by atoms with E-state index < -0.39 is 23.9 Å². The van der Waals surface area contributed by atoms with E-state index in [-0.39, 0.29) is 24.7 Å². The van der Waals surface area contributed by atoms with Crippen molar-refractivity contribution in [3.05, 3.63) is 35.6 Å². The molecule has 6 nitrogen and oxygen atoms in total. The van der Waals surface area contributed by atoms with E-state index in [9.17, 15) is 19.1 Å². The molecule has 2 N–H and O–H groups in total. The van der Waals surface area contributed by atoms with Gasteiger partial charge in [0, 0.05) is 18.5 Å². The van der Waals surface area contributed by atoms with Gasteiger partial charge in [0.2, 0.25) is 6.10 Å². The number of carbonyl (C=O) groups excluding carboxylic acids is 1. The summed E-state index contributed by atoms with van der Waals surface area (Å²) >= 11 is 0. The van der Waals surface area contributed by atoms with Crippen molar-refractivity contribution < 1.29 is 23.9 Å².